The van der Waals surface area contributed by atoms with Crippen LogP contribution in [0.15, 0.2) is 30.3 Å². The van der Waals surface area contributed by atoms with E-state index in [-0.39, 0.29) is 0 Å². The minimum atomic E-state index is 0.670. The number of benzene rings is 1. The molecular weight excluding hydrogens is 214 g/mol. The van der Waals surface area contributed by atoms with Crippen molar-refractivity contribution in [3.63, 3.8) is 0 Å². The Labute approximate surface area is 101 Å². The second-order valence-corrected chi connectivity index (χ2v) is 4.02. The van der Waals surface area contributed by atoms with Gasteiger partial charge < -0.3 is 10.5 Å². The Morgan fingerprint density at radius 3 is 2.53 bits per heavy atom. The van der Waals surface area contributed by atoms with Crippen molar-refractivity contribution in [3.05, 3.63) is 35.9 Å². The average Bonchev–Trinajstić information content (AvgIpc) is 2.68. The summed E-state index contributed by atoms with van der Waals surface area (Å²) in [5, 5.41) is 4.34. The molecule has 17 heavy (non-hydrogen) atoms. The average molecular weight is 231 g/mol. The topological polar surface area (TPSA) is 53.1 Å². The molecule has 0 fully saturated rings. The molecule has 0 spiro atoms. The van der Waals surface area contributed by atoms with E-state index in [0.29, 0.717) is 5.82 Å². The minimum absolute atomic E-state index is 0.670. The molecule has 0 aliphatic carbocycles. The number of methoxy groups -OCH3 is 1. The summed E-state index contributed by atoms with van der Waals surface area (Å²) in [6.07, 6.45) is 0.932. The molecule has 0 aliphatic rings. The van der Waals surface area contributed by atoms with Crippen LogP contribution in [-0.4, -0.2) is 23.5 Å². The van der Waals surface area contributed by atoms with Crippen LogP contribution in [0.4, 0.5) is 5.82 Å². The molecule has 2 rings (SSSR count). The molecule has 0 amide bonds. The van der Waals surface area contributed by atoms with Gasteiger partial charge in [0.2, 0.25) is 0 Å². The van der Waals surface area contributed by atoms with Crippen LogP contribution in [0.25, 0.3) is 11.3 Å². The van der Waals surface area contributed by atoms with Crippen molar-refractivity contribution in [3.8, 4) is 11.3 Å². The Balaban J connectivity index is 2.17. The first-order valence-electron chi connectivity index (χ1n) is 5.58. The number of rotatable bonds is 4. The number of hydrogen-bond acceptors (Lipinski definition) is 3. The van der Waals surface area contributed by atoms with E-state index in [1.807, 2.05) is 13.1 Å². The van der Waals surface area contributed by atoms with E-state index in [1.54, 1.807) is 11.8 Å². The molecule has 2 N–H and O–H groups in total. The first-order valence-corrected chi connectivity index (χ1v) is 5.58. The normalized spacial score (nSPS) is 10.7. The summed E-state index contributed by atoms with van der Waals surface area (Å²) in [5.74, 6) is 0.670. The Morgan fingerprint density at radius 1 is 1.29 bits per heavy atom. The summed E-state index contributed by atoms with van der Waals surface area (Å²) in [6, 6.07) is 10.2. The molecule has 4 heteroatoms. The van der Waals surface area contributed by atoms with Crippen LogP contribution in [0.1, 0.15) is 5.56 Å². The number of ether oxygens (including phenoxy) is 1. The van der Waals surface area contributed by atoms with Crippen LogP contribution in [0.5, 0.6) is 0 Å². The number of nitrogens with zero attached hydrogens (tertiary/aromatic N) is 2. The fourth-order valence-electron chi connectivity index (χ4n) is 1.68. The van der Waals surface area contributed by atoms with E-state index >= 15 is 0 Å². The van der Waals surface area contributed by atoms with E-state index in [9.17, 15) is 0 Å². The van der Waals surface area contributed by atoms with E-state index in [1.165, 1.54) is 5.56 Å². The van der Waals surface area contributed by atoms with E-state index < -0.39 is 0 Å². The van der Waals surface area contributed by atoms with Crippen molar-refractivity contribution in [1.82, 2.24) is 9.78 Å². The lowest BCUT2D eigenvalue weighted by molar-refractivity contribution is 0.202. The van der Waals surface area contributed by atoms with E-state index in [4.69, 9.17) is 10.5 Å². The molecule has 1 aromatic carbocycles. The molecule has 1 heterocycles. The molecule has 0 saturated heterocycles. The second-order valence-electron chi connectivity index (χ2n) is 4.02. The van der Waals surface area contributed by atoms with Crippen molar-refractivity contribution in [2.24, 2.45) is 7.05 Å². The molecule has 0 aliphatic heterocycles. The van der Waals surface area contributed by atoms with Crippen LogP contribution in [0.3, 0.4) is 0 Å². The fraction of sp³-hybridized carbons (Fsp3) is 0.308. The maximum Gasteiger partial charge on any atom is 0.121 e. The third kappa shape index (κ3) is 2.65. The summed E-state index contributed by atoms with van der Waals surface area (Å²) in [6.45, 7) is 0.746. The van der Waals surface area contributed by atoms with Crippen molar-refractivity contribution < 1.29 is 4.74 Å². The first-order chi connectivity index (χ1) is 8.20. The largest absolute Gasteiger partial charge is 0.384 e. The van der Waals surface area contributed by atoms with Crippen molar-refractivity contribution in [2.75, 3.05) is 19.5 Å². The maximum atomic E-state index is 5.76. The Bertz CT molecular complexity index is 468. The van der Waals surface area contributed by atoms with E-state index in [0.717, 1.165) is 24.3 Å². The number of nitrogen functional groups attached to an aromatic ring is 1. The molecule has 2 aromatic rings. The predicted molar refractivity (Wildman–Crippen MR) is 68.6 cm³/mol. The smallest absolute Gasteiger partial charge is 0.121 e. The van der Waals surface area contributed by atoms with Gasteiger partial charge in [-0.25, -0.2) is 0 Å². The summed E-state index contributed by atoms with van der Waals surface area (Å²) in [4.78, 5) is 0. The van der Waals surface area contributed by atoms with Gasteiger partial charge in [-0.05, 0) is 12.0 Å². The number of aromatic nitrogens is 2. The Hall–Kier alpha value is -1.81. The molecule has 0 bridgehead atoms. The van der Waals surface area contributed by atoms with Gasteiger partial charge in [0.15, 0.2) is 0 Å². The van der Waals surface area contributed by atoms with Gasteiger partial charge >= 0.3 is 0 Å². The van der Waals surface area contributed by atoms with Gasteiger partial charge in [-0.15, -0.1) is 0 Å². The Kier molecular flexibility index (Phi) is 3.44. The summed E-state index contributed by atoms with van der Waals surface area (Å²) in [7, 11) is 3.55. The zero-order chi connectivity index (χ0) is 12.3. The van der Waals surface area contributed by atoms with Gasteiger partial charge in [-0.3, -0.25) is 4.68 Å². The minimum Gasteiger partial charge on any atom is -0.384 e. The number of nitrogens with two attached hydrogens (primary N) is 1. The summed E-state index contributed by atoms with van der Waals surface area (Å²) >= 11 is 0. The highest BCUT2D eigenvalue weighted by molar-refractivity contribution is 5.62. The van der Waals surface area contributed by atoms with Gasteiger partial charge in [0.1, 0.15) is 5.82 Å². The second kappa shape index (κ2) is 5.01. The van der Waals surface area contributed by atoms with Gasteiger partial charge in [0.05, 0.1) is 12.3 Å². The van der Waals surface area contributed by atoms with Gasteiger partial charge in [-0.1, -0.05) is 24.3 Å². The monoisotopic (exact) mass is 231 g/mol. The van der Waals surface area contributed by atoms with Crippen molar-refractivity contribution in [2.45, 2.75) is 6.42 Å². The molecule has 0 saturated carbocycles. The standard InChI is InChI=1S/C13H17N3O/c1-16-13(14)9-12(15-16)11-5-3-10(4-6-11)7-8-17-2/h3-6,9H,7-8,14H2,1-2H3. The van der Waals surface area contributed by atoms with Crippen molar-refractivity contribution >= 4 is 5.82 Å². The summed E-state index contributed by atoms with van der Waals surface area (Å²) < 4.78 is 6.72. The quantitative estimate of drug-likeness (QED) is 0.873. The summed E-state index contributed by atoms with van der Waals surface area (Å²) in [5.41, 5.74) is 9.01. The maximum absolute atomic E-state index is 5.76. The van der Waals surface area contributed by atoms with Crippen LogP contribution >= 0.6 is 0 Å². The van der Waals surface area contributed by atoms with Crippen LogP contribution in [-0.2, 0) is 18.2 Å². The molecule has 4 nitrogen and oxygen atoms in total. The highest BCUT2D eigenvalue weighted by Crippen LogP contribution is 2.20. The number of anilines is 1. The number of hydrogen-bond donors (Lipinski definition) is 1. The third-order valence-electron chi connectivity index (χ3n) is 2.76. The lowest BCUT2D eigenvalue weighted by atomic mass is 10.1. The Morgan fingerprint density at radius 2 is 2.00 bits per heavy atom. The van der Waals surface area contributed by atoms with Crippen LogP contribution in [0.2, 0.25) is 0 Å². The van der Waals surface area contributed by atoms with Crippen LogP contribution < -0.4 is 5.73 Å². The molecule has 0 atom stereocenters. The highest BCUT2D eigenvalue weighted by Gasteiger charge is 2.04. The first kappa shape index (κ1) is 11.7. The van der Waals surface area contributed by atoms with Crippen molar-refractivity contribution in [1.29, 1.82) is 0 Å². The van der Waals surface area contributed by atoms with Gasteiger partial charge in [-0.2, -0.15) is 5.10 Å². The SMILES string of the molecule is COCCc1ccc(-c2cc(N)n(C)n2)cc1. The molecule has 90 valence electrons. The fourth-order valence-corrected chi connectivity index (χ4v) is 1.68. The van der Waals surface area contributed by atoms with Crippen LogP contribution in [0, 0.1) is 0 Å². The molecule has 1 aromatic heterocycles. The molecule has 0 radical (unpaired) electrons. The lowest BCUT2D eigenvalue weighted by Gasteiger charge is -2.01. The van der Waals surface area contributed by atoms with Gasteiger partial charge in [0, 0.05) is 25.8 Å². The predicted octanol–water partition coefficient (Wildman–Crippen LogP) is 1.86. The zero-order valence-electron chi connectivity index (χ0n) is 10.2. The van der Waals surface area contributed by atoms with E-state index in [2.05, 4.69) is 29.4 Å². The zero-order valence-corrected chi connectivity index (χ0v) is 10.2. The highest BCUT2D eigenvalue weighted by atomic mass is 16.5. The van der Waals surface area contributed by atoms with Gasteiger partial charge in [0.25, 0.3) is 0 Å². The lowest BCUT2D eigenvalue weighted by Crippen LogP contribution is -1.96. The third-order valence-corrected chi connectivity index (χ3v) is 2.76. The molecular formula is C13H17N3O. The molecule has 0 unspecified atom stereocenters. The number of aryl methyl sites for hydroxylation is 1.